The summed E-state index contributed by atoms with van der Waals surface area (Å²) in [6, 6.07) is 5.15. The number of hydrogen-bond acceptors (Lipinski definition) is 2. The molecular formula is C13H18ClNOS. The average Bonchev–Trinajstić information content (AvgIpc) is 2.33. The number of thiol groups is 1. The van der Waals surface area contributed by atoms with Crippen LogP contribution in [0, 0.1) is 5.92 Å². The number of amides is 1. The molecular weight excluding hydrogens is 254 g/mol. The molecule has 4 heteroatoms. The van der Waals surface area contributed by atoms with Gasteiger partial charge in [0.05, 0.1) is 10.6 Å². The molecule has 0 aliphatic carbocycles. The van der Waals surface area contributed by atoms with E-state index in [9.17, 15) is 4.79 Å². The number of carbonyl (C=O) groups excluding carboxylic acids is 1. The van der Waals surface area contributed by atoms with E-state index in [1.807, 2.05) is 0 Å². The molecule has 0 heterocycles. The summed E-state index contributed by atoms with van der Waals surface area (Å²) in [5.41, 5.74) is 0.491. The fourth-order valence-corrected chi connectivity index (χ4v) is 2.00. The molecule has 0 aromatic heterocycles. The number of rotatable bonds is 5. The van der Waals surface area contributed by atoms with E-state index in [2.05, 4.69) is 31.8 Å². The Bertz CT molecular complexity index is 391. The standard InChI is InChI=1S/C13H18ClNOS/c1-3-9(4-2)8-15-13(16)11-7-10(17)5-6-12(11)14/h5-7,9,17H,3-4,8H2,1-2H3,(H,15,16). The van der Waals surface area contributed by atoms with Crippen LogP contribution in [0.25, 0.3) is 0 Å². The lowest BCUT2D eigenvalue weighted by atomic mass is 10.0. The van der Waals surface area contributed by atoms with E-state index >= 15 is 0 Å². The van der Waals surface area contributed by atoms with Crippen molar-refractivity contribution in [1.29, 1.82) is 0 Å². The molecule has 0 unspecified atom stereocenters. The molecule has 0 saturated carbocycles. The van der Waals surface area contributed by atoms with Crippen molar-refractivity contribution >= 4 is 30.1 Å². The smallest absolute Gasteiger partial charge is 0.252 e. The van der Waals surface area contributed by atoms with Gasteiger partial charge in [-0.15, -0.1) is 12.6 Å². The Balaban J connectivity index is 2.66. The minimum absolute atomic E-state index is 0.127. The summed E-state index contributed by atoms with van der Waals surface area (Å²) in [6.45, 7) is 4.95. The summed E-state index contributed by atoms with van der Waals surface area (Å²) in [4.78, 5) is 12.7. The monoisotopic (exact) mass is 271 g/mol. The van der Waals surface area contributed by atoms with Crippen LogP contribution in [0.5, 0.6) is 0 Å². The Hall–Kier alpha value is -0.670. The molecule has 1 aromatic rings. The Morgan fingerprint density at radius 3 is 2.65 bits per heavy atom. The van der Waals surface area contributed by atoms with Crippen LogP contribution in [0.2, 0.25) is 5.02 Å². The second-order valence-corrected chi connectivity index (χ2v) is 4.98. The van der Waals surface area contributed by atoms with Crippen molar-refractivity contribution in [3.63, 3.8) is 0 Å². The Kier molecular flexibility index (Phi) is 5.86. The van der Waals surface area contributed by atoms with Gasteiger partial charge >= 0.3 is 0 Å². The highest BCUT2D eigenvalue weighted by atomic mass is 35.5. The highest BCUT2D eigenvalue weighted by Gasteiger charge is 2.12. The van der Waals surface area contributed by atoms with E-state index < -0.39 is 0 Å². The minimum atomic E-state index is -0.127. The van der Waals surface area contributed by atoms with Crippen LogP contribution in [-0.4, -0.2) is 12.5 Å². The van der Waals surface area contributed by atoms with Gasteiger partial charge in [0.2, 0.25) is 0 Å². The lowest BCUT2D eigenvalue weighted by Gasteiger charge is -2.13. The quantitative estimate of drug-likeness (QED) is 0.784. The molecule has 1 aromatic carbocycles. The molecule has 0 spiro atoms. The molecule has 1 rings (SSSR count). The van der Waals surface area contributed by atoms with Gasteiger partial charge in [0.15, 0.2) is 0 Å². The summed E-state index contributed by atoms with van der Waals surface area (Å²) in [5.74, 6) is 0.398. The maximum absolute atomic E-state index is 11.9. The summed E-state index contributed by atoms with van der Waals surface area (Å²) in [7, 11) is 0. The first-order chi connectivity index (χ1) is 8.08. The molecule has 0 radical (unpaired) electrons. The molecule has 2 nitrogen and oxygen atoms in total. The van der Waals surface area contributed by atoms with Crippen LogP contribution in [0.3, 0.4) is 0 Å². The third-order valence-corrected chi connectivity index (χ3v) is 3.51. The summed E-state index contributed by atoms with van der Waals surface area (Å²) >= 11 is 10.2. The van der Waals surface area contributed by atoms with Gasteiger partial charge < -0.3 is 5.32 Å². The zero-order valence-corrected chi connectivity index (χ0v) is 11.8. The minimum Gasteiger partial charge on any atom is -0.352 e. The van der Waals surface area contributed by atoms with Crippen molar-refractivity contribution in [2.75, 3.05) is 6.54 Å². The first kappa shape index (κ1) is 14.4. The van der Waals surface area contributed by atoms with Gasteiger partial charge in [-0.1, -0.05) is 38.3 Å². The number of carbonyl (C=O) groups is 1. The van der Waals surface area contributed by atoms with Crippen molar-refractivity contribution in [2.45, 2.75) is 31.6 Å². The fraction of sp³-hybridized carbons (Fsp3) is 0.462. The number of hydrogen-bond donors (Lipinski definition) is 2. The van der Waals surface area contributed by atoms with E-state index in [4.69, 9.17) is 11.6 Å². The van der Waals surface area contributed by atoms with Crippen molar-refractivity contribution in [3.05, 3.63) is 28.8 Å². The van der Waals surface area contributed by atoms with Gasteiger partial charge in [-0.05, 0) is 24.1 Å². The first-order valence-electron chi connectivity index (χ1n) is 5.85. The summed E-state index contributed by atoms with van der Waals surface area (Å²) < 4.78 is 0. The van der Waals surface area contributed by atoms with Crippen molar-refractivity contribution < 1.29 is 4.79 Å². The maximum Gasteiger partial charge on any atom is 0.252 e. The molecule has 94 valence electrons. The maximum atomic E-state index is 11.9. The summed E-state index contributed by atoms with van der Waals surface area (Å²) in [6.07, 6.45) is 2.13. The number of nitrogens with one attached hydrogen (secondary N) is 1. The molecule has 1 amide bonds. The molecule has 0 bridgehead atoms. The molecule has 0 atom stereocenters. The molecule has 1 N–H and O–H groups in total. The third-order valence-electron chi connectivity index (χ3n) is 2.90. The average molecular weight is 272 g/mol. The van der Waals surface area contributed by atoms with Crippen LogP contribution in [0.1, 0.15) is 37.0 Å². The van der Waals surface area contributed by atoms with E-state index in [1.165, 1.54) is 0 Å². The zero-order chi connectivity index (χ0) is 12.8. The van der Waals surface area contributed by atoms with Crippen LogP contribution in [-0.2, 0) is 0 Å². The highest BCUT2D eigenvalue weighted by Crippen LogP contribution is 2.19. The van der Waals surface area contributed by atoms with E-state index in [-0.39, 0.29) is 5.91 Å². The third kappa shape index (κ3) is 4.25. The number of benzene rings is 1. The molecule has 0 fully saturated rings. The molecule has 17 heavy (non-hydrogen) atoms. The van der Waals surface area contributed by atoms with Crippen molar-refractivity contribution in [3.8, 4) is 0 Å². The number of halogens is 1. The predicted molar refractivity (Wildman–Crippen MR) is 75.1 cm³/mol. The molecule has 0 saturated heterocycles. The van der Waals surface area contributed by atoms with Crippen LogP contribution >= 0.6 is 24.2 Å². The first-order valence-corrected chi connectivity index (χ1v) is 6.67. The van der Waals surface area contributed by atoms with Crippen molar-refractivity contribution in [1.82, 2.24) is 5.32 Å². The summed E-state index contributed by atoms with van der Waals surface area (Å²) in [5, 5.41) is 3.37. The largest absolute Gasteiger partial charge is 0.352 e. The van der Waals surface area contributed by atoms with E-state index in [0.29, 0.717) is 23.0 Å². The second kappa shape index (κ2) is 6.92. The fourth-order valence-electron chi connectivity index (χ4n) is 1.60. The van der Waals surface area contributed by atoms with Gasteiger partial charge in [0.1, 0.15) is 0 Å². The predicted octanol–water partition coefficient (Wildman–Crippen LogP) is 3.79. The lowest BCUT2D eigenvalue weighted by molar-refractivity contribution is 0.0946. The van der Waals surface area contributed by atoms with Gasteiger partial charge in [-0.2, -0.15) is 0 Å². The van der Waals surface area contributed by atoms with Crippen molar-refractivity contribution in [2.24, 2.45) is 5.92 Å². The van der Waals surface area contributed by atoms with Crippen LogP contribution in [0.15, 0.2) is 23.1 Å². The SMILES string of the molecule is CCC(CC)CNC(=O)c1cc(S)ccc1Cl. The van der Waals surface area contributed by atoms with Gasteiger partial charge in [0.25, 0.3) is 5.91 Å². The molecule has 0 aliphatic rings. The van der Waals surface area contributed by atoms with E-state index in [0.717, 1.165) is 17.7 Å². The topological polar surface area (TPSA) is 29.1 Å². The van der Waals surface area contributed by atoms with E-state index in [1.54, 1.807) is 18.2 Å². The van der Waals surface area contributed by atoms with Gasteiger partial charge in [-0.25, -0.2) is 0 Å². The van der Waals surface area contributed by atoms with Gasteiger partial charge in [-0.3, -0.25) is 4.79 Å². The Labute approximate surface area is 113 Å². The van der Waals surface area contributed by atoms with Crippen LogP contribution in [0.4, 0.5) is 0 Å². The highest BCUT2D eigenvalue weighted by molar-refractivity contribution is 7.80. The zero-order valence-electron chi connectivity index (χ0n) is 10.2. The van der Waals surface area contributed by atoms with Crippen LogP contribution < -0.4 is 5.32 Å². The Morgan fingerprint density at radius 2 is 2.06 bits per heavy atom. The second-order valence-electron chi connectivity index (χ2n) is 4.06. The lowest BCUT2D eigenvalue weighted by Crippen LogP contribution is -2.29. The Morgan fingerprint density at radius 1 is 1.41 bits per heavy atom. The van der Waals surface area contributed by atoms with Gasteiger partial charge in [0, 0.05) is 11.4 Å². The normalized spacial score (nSPS) is 10.6. The molecule has 0 aliphatic heterocycles.